The van der Waals surface area contributed by atoms with E-state index in [9.17, 15) is 0 Å². The van der Waals surface area contributed by atoms with Crippen LogP contribution in [0.25, 0.3) is 0 Å². The molecular formula is C17H25N3O2. The van der Waals surface area contributed by atoms with Crippen molar-refractivity contribution in [3.8, 4) is 5.75 Å². The minimum atomic E-state index is 0.349. The molecule has 0 bridgehead atoms. The summed E-state index contributed by atoms with van der Waals surface area (Å²) in [5, 5.41) is 3.46. The van der Waals surface area contributed by atoms with Gasteiger partial charge in [-0.05, 0) is 18.9 Å². The Labute approximate surface area is 132 Å². The van der Waals surface area contributed by atoms with Gasteiger partial charge in [0.2, 0.25) is 0 Å². The molecule has 1 atom stereocenters. The van der Waals surface area contributed by atoms with Crippen LogP contribution in [0.4, 0.5) is 0 Å². The number of ether oxygens (including phenoxy) is 2. The molecule has 1 spiro atoms. The number of para-hydroxylation sites is 1. The molecule has 2 fully saturated rings. The fraction of sp³-hybridized carbons (Fsp3) is 0.588. The lowest BCUT2D eigenvalue weighted by molar-refractivity contribution is 0.156. The molecule has 22 heavy (non-hydrogen) atoms. The third kappa shape index (κ3) is 3.04. The predicted molar refractivity (Wildman–Crippen MR) is 87.3 cm³/mol. The van der Waals surface area contributed by atoms with Crippen LogP contribution < -0.4 is 10.1 Å². The van der Waals surface area contributed by atoms with Crippen LogP contribution in [0.5, 0.6) is 5.75 Å². The van der Waals surface area contributed by atoms with Crippen LogP contribution in [0.3, 0.4) is 0 Å². The minimum absolute atomic E-state index is 0.349. The van der Waals surface area contributed by atoms with Crippen molar-refractivity contribution in [1.82, 2.24) is 10.2 Å². The van der Waals surface area contributed by atoms with Crippen molar-refractivity contribution in [2.24, 2.45) is 10.4 Å². The summed E-state index contributed by atoms with van der Waals surface area (Å²) in [6.45, 7) is 4.61. The van der Waals surface area contributed by atoms with Crippen molar-refractivity contribution >= 4 is 5.96 Å². The van der Waals surface area contributed by atoms with Crippen molar-refractivity contribution in [3.63, 3.8) is 0 Å². The summed E-state index contributed by atoms with van der Waals surface area (Å²) in [6, 6.07) is 8.08. The van der Waals surface area contributed by atoms with E-state index < -0.39 is 0 Å². The van der Waals surface area contributed by atoms with Crippen molar-refractivity contribution in [3.05, 3.63) is 29.8 Å². The number of likely N-dealkylation sites (tertiary alicyclic amines) is 1. The summed E-state index contributed by atoms with van der Waals surface area (Å²) in [4.78, 5) is 6.80. The Hall–Kier alpha value is -1.75. The number of hydrogen-bond acceptors (Lipinski definition) is 3. The zero-order chi connectivity index (χ0) is 15.4. The molecule has 0 saturated carbocycles. The summed E-state index contributed by atoms with van der Waals surface area (Å²) in [6.07, 6.45) is 2.37. The molecule has 2 saturated heterocycles. The van der Waals surface area contributed by atoms with Crippen LogP contribution in [0.1, 0.15) is 18.4 Å². The van der Waals surface area contributed by atoms with Crippen LogP contribution in [0.15, 0.2) is 29.3 Å². The van der Waals surface area contributed by atoms with E-state index in [0.29, 0.717) is 5.41 Å². The number of benzene rings is 1. The number of hydrogen-bond donors (Lipinski definition) is 1. The molecule has 2 heterocycles. The highest BCUT2D eigenvalue weighted by Gasteiger charge is 2.42. The van der Waals surface area contributed by atoms with Crippen LogP contribution in [-0.2, 0) is 11.3 Å². The normalized spacial score (nSPS) is 25.0. The number of methoxy groups -OCH3 is 1. The van der Waals surface area contributed by atoms with Crippen LogP contribution in [0.2, 0.25) is 0 Å². The van der Waals surface area contributed by atoms with Gasteiger partial charge in [-0.1, -0.05) is 18.2 Å². The molecule has 0 radical (unpaired) electrons. The molecule has 0 aliphatic carbocycles. The number of aliphatic imine (C=N–C) groups is 1. The maximum atomic E-state index is 5.60. The molecule has 5 nitrogen and oxygen atoms in total. The third-order valence-corrected chi connectivity index (χ3v) is 4.76. The van der Waals surface area contributed by atoms with Gasteiger partial charge in [-0.15, -0.1) is 0 Å². The fourth-order valence-corrected chi connectivity index (χ4v) is 3.44. The van der Waals surface area contributed by atoms with Crippen molar-refractivity contribution in [1.29, 1.82) is 0 Å². The van der Waals surface area contributed by atoms with Gasteiger partial charge in [-0.3, -0.25) is 4.99 Å². The van der Waals surface area contributed by atoms with E-state index in [1.54, 1.807) is 7.11 Å². The fourth-order valence-electron chi connectivity index (χ4n) is 3.44. The topological polar surface area (TPSA) is 46.1 Å². The Morgan fingerprint density at radius 3 is 3.00 bits per heavy atom. The smallest absolute Gasteiger partial charge is 0.193 e. The van der Waals surface area contributed by atoms with Gasteiger partial charge in [0.05, 0.1) is 13.7 Å². The number of guanidine groups is 1. The highest BCUT2D eigenvalue weighted by atomic mass is 16.5. The molecule has 2 aliphatic heterocycles. The van der Waals surface area contributed by atoms with Crippen molar-refractivity contribution in [2.45, 2.75) is 19.4 Å². The lowest BCUT2D eigenvalue weighted by Crippen LogP contribution is -2.41. The number of rotatable bonds is 3. The lowest BCUT2D eigenvalue weighted by Gasteiger charge is -2.25. The van der Waals surface area contributed by atoms with Crippen LogP contribution >= 0.6 is 0 Å². The summed E-state index contributed by atoms with van der Waals surface area (Å²) in [5.41, 5.74) is 1.49. The molecule has 120 valence electrons. The van der Waals surface area contributed by atoms with Crippen molar-refractivity contribution < 1.29 is 9.47 Å². The van der Waals surface area contributed by atoms with E-state index in [4.69, 9.17) is 9.47 Å². The lowest BCUT2D eigenvalue weighted by atomic mass is 9.87. The summed E-state index contributed by atoms with van der Waals surface area (Å²) < 4.78 is 11.0. The summed E-state index contributed by atoms with van der Waals surface area (Å²) >= 11 is 0. The van der Waals surface area contributed by atoms with E-state index in [0.717, 1.165) is 50.1 Å². The van der Waals surface area contributed by atoms with E-state index >= 15 is 0 Å². The Balaban J connectivity index is 1.61. The second kappa shape index (κ2) is 6.57. The molecule has 0 amide bonds. The van der Waals surface area contributed by atoms with Gasteiger partial charge in [0.1, 0.15) is 5.75 Å². The van der Waals surface area contributed by atoms with Gasteiger partial charge in [-0.25, -0.2) is 0 Å². The Morgan fingerprint density at radius 2 is 2.27 bits per heavy atom. The average molecular weight is 303 g/mol. The zero-order valence-electron chi connectivity index (χ0n) is 13.5. The Morgan fingerprint density at radius 1 is 1.41 bits per heavy atom. The van der Waals surface area contributed by atoms with E-state index in [1.165, 1.54) is 12.8 Å². The van der Waals surface area contributed by atoms with Gasteiger partial charge in [0.15, 0.2) is 5.96 Å². The van der Waals surface area contributed by atoms with Crippen LogP contribution in [0, 0.1) is 5.41 Å². The quantitative estimate of drug-likeness (QED) is 0.684. The van der Waals surface area contributed by atoms with Crippen molar-refractivity contribution in [2.75, 3.05) is 40.5 Å². The van der Waals surface area contributed by atoms with E-state index in [2.05, 4.69) is 21.3 Å². The maximum Gasteiger partial charge on any atom is 0.193 e. The van der Waals surface area contributed by atoms with E-state index in [1.807, 2.05) is 25.2 Å². The molecule has 3 rings (SSSR count). The first kappa shape index (κ1) is 15.2. The molecule has 2 aliphatic rings. The van der Waals surface area contributed by atoms with Gasteiger partial charge in [0.25, 0.3) is 0 Å². The molecule has 1 aromatic rings. The monoisotopic (exact) mass is 303 g/mol. The molecule has 1 unspecified atom stereocenters. The second-order valence-corrected chi connectivity index (χ2v) is 6.19. The third-order valence-electron chi connectivity index (χ3n) is 4.76. The molecule has 5 heteroatoms. The predicted octanol–water partition coefficient (Wildman–Crippen LogP) is 1.88. The Bertz CT molecular complexity index is 538. The van der Waals surface area contributed by atoms with Crippen LogP contribution in [-0.4, -0.2) is 51.3 Å². The summed E-state index contributed by atoms with van der Waals surface area (Å²) in [7, 11) is 3.55. The number of nitrogens with zero attached hydrogens (tertiary/aromatic N) is 2. The number of nitrogens with one attached hydrogen (secondary N) is 1. The minimum Gasteiger partial charge on any atom is -0.496 e. The molecule has 0 aromatic heterocycles. The van der Waals surface area contributed by atoms with Gasteiger partial charge in [0, 0.05) is 44.3 Å². The van der Waals surface area contributed by atoms with Gasteiger partial charge >= 0.3 is 0 Å². The standard InChI is InChI=1S/C17H25N3O2/c1-18-16(19-11-14-5-3-4-6-15(14)21-2)20-9-7-17(12-20)8-10-22-13-17/h3-6H,7-13H2,1-2H3,(H,18,19). The first-order chi connectivity index (χ1) is 10.8. The second-order valence-electron chi connectivity index (χ2n) is 6.19. The first-order valence-electron chi connectivity index (χ1n) is 7.92. The maximum absolute atomic E-state index is 5.60. The molecule has 1 N–H and O–H groups in total. The average Bonchev–Trinajstić information content (AvgIpc) is 3.19. The largest absolute Gasteiger partial charge is 0.496 e. The molecule has 1 aromatic carbocycles. The summed E-state index contributed by atoms with van der Waals surface area (Å²) in [5.74, 6) is 1.88. The highest BCUT2D eigenvalue weighted by molar-refractivity contribution is 5.80. The van der Waals surface area contributed by atoms with Gasteiger partial charge in [-0.2, -0.15) is 0 Å². The van der Waals surface area contributed by atoms with E-state index in [-0.39, 0.29) is 0 Å². The first-order valence-corrected chi connectivity index (χ1v) is 7.92. The van der Waals surface area contributed by atoms with Gasteiger partial charge < -0.3 is 19.7 Å². The zero-order valence-corrected chi connectivity index (χ0v) is 13.5. The SMILES string of the molecule is CN=C(NCc1ccccc1OC)N1CCC2(CCOC2)C1. The Kier molecular flexibility index (Phi) is 4.52. The molecular weight excluding hydrogens is 278 g/mol. The highest BCUT2D eigenvalue weighted by Crippen LogP contribution is 2.38.